The van der Waals surface area contributed by atoms with Crippen LogP contribution in [-0.4, -0.2) is 17.1 Å². The van der Waals surface area contributed by atoms with Crippen LogP contribution in [0.2, 0.25) is 0 Å². The van der Waals surface area contributed by atoms with E-state index in [1.165, 1.54) is 10.5 Å². The minimum atomic E-state index is 0.863. The molecule has 0 fully saturated rings. The first-order valence-electron chi connectivity index (χ1n) is 8.13. The van der Waals surface area contributed by atoms with Gasteiger partial charge in [0, 0.05) is 21.8 Å². The highest BCUT2D eigenvalue weighted by atomic mass is 32.2. The number of para-hydroxylation sites is 2. The third kappa shape index (κ3) is 3.39. The molecular formula is C21H18N2OS. The van der Waals surface area contributed by atoms with Gasteiger partial charge in [-0.3, -0.25) is 0 Å². The fourth-order valence-electron chi connectivity index (χ4n) is 2.78. The van der Waals surface area contributed by atoms with Crippen LogP contribution in [-0.2, 0) is 5.75 Å². The van der Waals surface area contributed by atoms with E-state index in [1.807, 2.05) is 30.3 Å². The molecule has 0 aliphatic heterocycles. The predicted octanol–water partition coefficient (Wildman–Crippen LogP) is 5.53. The van der Waals surface area contributed by atoms with Gasteiger partial charge in [-0.2, -0.15) is 0 Å². The Bertz CT molecular complexity index is 962. The predicted molar refractivity (Wildman–Crippen MR) is 104 cm³/mol. The Labute approximate surface area is 151 Å². The van der Waals surface area contributed by atoms with E-state index in [0.717, 1.165) is 33.9 Å². The summed E-state index contributed by atoms with van der Waals surface area (Å²) in [7, 11) is 1.72. The number of hydrogen-bond donors (Lipinski definition) is 1. The number of methoxy groups -OCH3 is 1. The van der Waals surface area contributed by atoms with E-state index in [9.17, 15) is 0 Å². The minimum absolute atomic E-state index is 0.863. The fraction of sp³-hybridized carbons (Fsp3) is 0.0952. The number of nitrogens with one attached hydrogen (secondary N) is 1. The molecule has 0 aliphatic rings. The molecule has 25 heavy (non-hydrogen) atoms. The molecule has 0 spiro atoms. The van der Waals surface area contributed by atoms with Gasteiger partial charge in [-0.1, -0.05) is 42.5 Å². The maximum atomic E-state index is 5.61. The summed E-state index contributed by atoms with van der Waals surface area (Å²) < 4.78 is 5.61. The van der Waals surface area contributed by atoms with Crippen LogP contribution >= 0.6 is 11.8 Å². The van der Waals surface area contributed by atoms with E-state index in [1.54, 1.807) is 18.9 Å². The molecule has 3 nitrogen and oxygen atoms in total. The number of aromatic nitrogens is 2. The van der Waals surface area contributed by atoms with Crippen LogP contribution in [0.25, 0.3) is 22.4 Å². The second kappa shape index (κ2) is 7.03. The number of imidazole rings is 1. The lowest BCUT2D eigenvalue weighted by atomic mass is 10.1. The Morgan fingerprint density at radius 3 is 2.56 bits per heavy atom. The van der Waals surface area contributed by atoms with Crippen molar-refractivity contribution in [2.75, 3.05) is 7.11 Å². The summed E-state index contributed by atoms with van der Waals surface area (Å²) in [6, 6.07) is 24.7. The molecule has 0 unspecified atom stereocenters. The SMILES string of the molecule is COc1cc(-c2nc3ccccc3[nH]2)ccc1CSc1ccccc1. The molecule has 124 valence electrons. The molecule has 1 N–H and O–H groups in total. The lowest BCUT2D eigenvalue weighted by Crippen LogP contribution is -1.92. The Hall–Kier alpha value is -2.72. The zero-order valence-electron chi connectivity index (χ0n) is 13.9. The number of ether oxygens (including phenoxy) is 1. The number of rotatable bonds is 5. The third-order valence-corrected chi connectivity index (χ3v) is 5.15. The number of nitrogens with zero attached hydrogens (tertiary/aromatic N) is 1. The van der Waals surface area contributed by atoms with Gasteiger partial charge in [-0.25, -0.2) is 4.98 Å². The van der Waals surface area contributed by atoms with Gasteiger partial charge in [0.15, 0.2) is 0 Å². The van der Waals surface area contributed by atoms with Crippen LogP contribution in [0.4, 0.5) is 0 Å². The average Bonchev–Trinajstić information content (AvgIpc) is 3.11. The molecule has 3 aromatic carbocycles. The zero-order chi connectivity index (χ0) is 17.1. The fourth-order valence-corrected chi connectivity index (χ4v) is 3.69. The second-order valence-electron chi connectivity index (χ2n) is 5.73. The monoisotopic (exact) mass is 346 g/mol. The van der Waals surface area contributed by atoms with Crippen LogP contribution in [0, 0.1) is 0 Å². The molecule has 1 heterocycles. The van der Waals surface area contributed by atoms with Crippen molar-refractivity contribution in [1.29, 1.82) is 0 Å². The van der Waals surface area contributed by atoms with Crippen molar-refractivity contribution < 1.29 is 4.74 Å². The maximum absolute atomic E-state index is 5.61. The van der Waals surface area contributed by atoms with Crippen molar-refractivity contribution >= 4 is 22.8 Å². The van der Waals surface area contributed by atoms with Gasteiger partial charge in [-0.15, -0.1) is 11.8 Å². The molecule has 1 aromatic heterocycles. The summed E-state index contributed by atoms with van der Waals surface area (Å²) in [5.41, 5.74) is 4.22. The van der Waals surface area contributed by atoms with Gasteiger partial charge in [0.05, 0.1) is 18.1 Å². The van der Waals surface area contributed by atoms with E-state index in [0.29, 0.717) is 0 Å². The van der Waals surface area contributed by atoms with Crippen LogP contribution in [0.3, 0.4) is 0 Å². The Kier molecular flexibility index (Phi) is 4.44. The summed E-state index contributed by atoms with van der Waals surface area (Å²) in [5, 5.41) is 0. The molecule has 4 rings (SSSR count). The largest absolute Gasteiger partial charge is 0.496 e. The van der Waals surface area contributed by atoms with Gasteiger partial charge in [-0.05, 0) is 30.3 Å². The number of hydrogen-bond acceptors (Lipinski definition) is 3. The summed E-state index contributed by atoms with van der Waals surface area (Å²) >= 11 is 1.81. The standard InChI is InChI=1S/C21H18N2OS/c1-24-20-13-15(21-22-18-9-5-6-10-19(18)23-21)11-12-16(20)14-25-17-7-3-2-4-8-17/h2-13H,14H2,1H3,(H,22,23). The highest BCUT2D eigenvalue weighted by Crippen LogP contribution is 2.31. The normalized spacial score (nSPS) is 10.9. The Balaban J connectivity index is 1.60. The smallest absolute Gasteiger partial charge is 0.138 e. The maximum Gasteiger partial charge on any atom is 0.138 e. The highest BCUT2D eigenvalue weighted by molar-refractivity contribution is 7.98. The van der Waals surface area contributed by atoms with E-state index in [4.69, 9.17) is 4.74 Å². The van der Waals surface area contributed by atoms with Crippen molar-refractivity contribution in [2.24, 2.45) is 0 Å². The first-order chi connectivity index (χ1) is 12.3. The van der Waals surface area contributed by atoms with E-state index in [-0.39, 0.29) is 0 Å². The molecule has 0 atom stereocenters. The zero-order valence-corrected chi connectivity index (χ0v) is 14.7. The molecule has 0 bridgehead atoms. The molecular weight excluding hydrogens is 328 g/mol. The first-order valence-corrected chi connectivity index (χ1v) is 9.12. The molecule has 0 radical (unpaired) electrons. The summed E-state index contributed by atoms with van der Waals surface area (Å²) in [6.45, 7) is 0. The van der Waals surface area contributed by atoms with Crippen molar-refractivity contribution in [3.63, 3.8) is 0 Å². The van der Waals surface area contributed by atoms with Gasteiger partial charge in [0.2, 0.25) is 0 Å². The van der Waals surface area contributed by atoms with Gasteiger partial charge < -0.3 is 9.72 Å². The van der Waals surface area contributed by atoms with Crippen molar-refractivity contribution in [1.82, 2.24) is 9.97 Å². The van der Waals surface area contributed by atoms with Crippen molar-refractivity contribution in [3.8, 4) is 17.1 Å². The number of fused-ring (bicyclic) bond motifs is 1. The molecule has 4 heteroatoms. The van der Waals surface area contributed by atoms with Crippen LogP contribution in [0.5, 0.6) is 5.75 Å². The number of H-pyrrole nitrogens is 1. The highest BCUT2D eigenvalue weighted by Gasteiger charge is 2.10. The topological polar surface area (TPSA) is 37.9 Å². The molecule has 0 amide bonds. The van der Waals surface area contributed by atoms with E-state index < -0.39 is 0 Å². The van der Waals surface area contributed by atoms with Gasteiger partial charge >= 0.3 is 0 Å². The average molecular weight is 346 g/mol. The van der Waals surface area contributed by atoms with Gasteiger partial charge in [0.25, 0.3) is 0 Å². The van der Waals surface area contributed by atoms with Crippen molar-refractivity contribution in [3.05, 3.63) is 78.4 Å². The third-order valence-electron chi connectivity index (χ3n) is 4.09. The molecule has 0 saturated heterocycles. The summed E-state index contributed by atoms with van der Waals surface area (Å²) in [5.74, 6) is 2.62. The van der Waals surface area contributed by atoms with E-state index >= 15 is 0 Å². The second-order valence-corrected chi connectivity index (χ2v) is 6.78. The number of thioether (sulfide) groups is 1. The summed E-state index contributed by atoms with van der Waals surface area (Å²) in [6.07, 6.45) is 0. The van der Waals surface area contributed by atoms with Gasteiger partial charge in [0.1, 0.15) is 11.6 Å². The number of aromatic amines is 1. The Morgan fingerprint density at radius 1 is 0.960 bits per heavy atom. The quantitative estimate of drug-likeness (QED) is 0.483. The molecule has 0 aliphatic carbocycles. The molecule has 0 saturated carbocycles. The first kappa shape index (κ1) is 15.8. The lowest BCUT2D eigenvalue weighted by Gasteiger charge is -2.10. The summed E-state index contributed by atoms with van der Waals surface area (Å²) in [4.78, 5) is 9.29. The minimum Gasteiger partial charge on any atom is -0.496 e. The van der Waals surface area contributed by atoms with Crippen LogP contribution in [0.15, 0.2) is 77.7 Å². The lowest BCUT2D eigenvalue weighted by molar-refractivity contribution is 0.411. The van der Waals surface area contributed by atoms with Crippen LogP contribution < -0.4 is 4.74 Å². The molecule has 4 aromatic rings. The number of benzene rings is 3. The van der Waals surface area contributed by atoms with Crippen LogP contribution in [0.1, 0.15) is 5.56 Å². The van der Waals surface area contributed by atoms with E-state index in [2.05, 4.69) is 52.4 Å². The van der Waals surface area contributed by atoms with Crippen molar-refractivity contribution in [2.45, 2.75) is 10.6 Å². The Morgan fingerprint density at radius 2 is 1.76 bits per heavy atom.